The van der Waals surface area contributed by atoms with Gasteiger partial charge in [0.15, 0.2) is 0 Å². The Labute approximate surface area is 89.6 Å². The maximum Gasteiger partial charge on any atom is 0.333 e. The zero-order chi connectivity index (χ0) is 11.3. The predicted octanol–water partition coefficient (Wildman–Crippen LogP) is 1.87. The predicted molar refractivity (Wildman–Crippen MR) is 58.2 cm³/mol. The average molecular weight is 208 g/mol. The topological polar surface area (TPSA) is 44.1 Å². The number of imidazole rings is 1. The number of rotatable bonds is 4. The van der Waals surface area contributed by atoms with Gasteiger partial charge in [-0.2, -0.15) is 0 Å². The number of aromatic nitrogens is 2. The van der Waals surface area contributed by atoms with Crippen molar-refractivity contribution in [2.24, 2.45) is 0 Å². The lowest BCUT2D eigenvalue weighted by molar-refractivity contribution is -0.138. The number of hydrogen-bond donors (Lipinski definition) is 0. The Morgan fingerprint density at radius 3 is 2.93 bits per heavy atom. The van der Waals surface area contributed by atoms with Crippen LogP contribution in [-0.2, 0) is 16.1 Å². The molecule has 0 saturated carbocycles. The Bertz CT molecular complexity index is 366. The van der Waals surface area contributed by atoms with E-state index in [4.69, 9.17) is 4.74 Å². The second kappa shape index (κ2) is 5.34. The van der Waals surface area contributed by atoms with Crippen LogP contribution in [0.25, 0.3) is 6.08 Å². The summed E-state index contributed by atoms with van der Waals surface area (Å²) in [6.07, 6.45) is 5.25. The van der Waals surface area contributed by atoms with E-state index in [0.717, 1.165) is 12.2 Å². The first-order valence-electron chi connectivity index (χ1n) is 5.04. The summed E-state index contributed by atoms with van der Waals surface area (Å²) in [5, 5.41) is 0. The Morgan fingerprint density at radius 1 is 1.60 bits per heavy atom. The lowest BCUT2D eigenvalue weighted by atomic mass is 10.2. The molecule has 0 aromatic carbocycles. The number of aryl methyl sites for hydroxylation is 1. The number of ether oxygens (including phenoxy) is 1. The van der Waals surface area contributed by atoms with Gasteiger partial charge in [-0.25, -0.2) is 9.78 Å². The molecule has 0 amide bonds. The largest absolute Gasteiger partial charge is 0.463 e. The van der Waals surface area contributed by atoms with E-state index in [1.165, 1.54) is 0 Å². The summed E-state index contributed by atoms with van der Waals surface area (Å²) < 4.78 is 6.85. The minimum absolute atomic E-state index is 0.277. The molecular formula is C11H16N2O2. The van der Waals surface area contributed by atoms with E-state index in [1.807, 2.05) is 11.5 Å². The van der Waals surface area contributed by atoms with E-state index in [0.29, 0.717) is 12.2 Å². The van der Waals surface area contributed by atoms with Crippen LogP contribution < -0.4 is 0 Å². The lowest BCUT2D eigenvalue weighted by Crippen LogP contribution is -2.05. The van der Waals surface area contributed by atoms with Crippen LogP contribution in [-0.4, -0.2) is 22.1 Å². The molecule has 4 heteroatoms. The molecule has 0 aliphatic heterocycles. The van der Waals surface area contributed by atoms with Gasteiger partial charge in [0.1, 0.15) is 0 Å². The highest BCUT2D eigenvalue weighted by Gasteiger charge is 2.05. The van der Waals surface area contributed by atoms with Crippen molar-refractivity contribution < 1.29 is 9.53 Å². The summed E-state index contributed by atoms with van der Waals surface area (Å²) >= 11 is 0. The molecule has 0 aliphatic rings. The first-order valence-corrected chi connectivity index (χ1v) is 5.04. The Balaban J connectivity index is 2.82. The quantitative estimate of drug-likeness (QED) is 0.560. The van der Waals surface area contributed by atoms with Gasteiger partial charge in [-0.15, -0.1) is 0 Å². The van der Waals surface area contributed by atoms with Crippen LogP contribution in [0.5, 0.6) is 0 Å². The van der Waals surface area contributed by atoms with Crippen molar-refractivity contribution in [1.82, 2.24) is 9.55 Å². The highest BCUT2D eigenvalue weighted by atomic mass is 16.5. The van der Waals surface area contributed by atoms with Crippen molar-refractivity contribution in [3.8, 4) is 0 Å². The molecule has 1 aromatic heterocycles. The van der Waals surface area contributed by atoms with E-state index in [2.05, 4.69) is 4.98 Å². The van der Waals surface area contributed by atoms with Gasteiger partial charge in [0.2, 0.25) is 0 Å². The third-order valence-corrected chi connectivity index (χ3v) is 2.05. The fourth-order valence-corrected chi connectivity index (χ4v) is 1.24. The Kier molecular flexibility index (Phi) is 4.09. The smallest absolute Gasteiger partial charge is 0.333 e. The maximum absolute atomic E-state index is 11.3. The molecule has 82 valence electrons. The summed E-state index contributed by atoms with van der Waals surface area (Å²) in [5.74, 6) is -0.277. The normalized spacial score (nSPS) is 11.5. The molecule has 0 saturated heterocycles. The highest BCUT2D eigenvalue weighted by Crippen LogP contribution is 2.07. The van der Waals surface area contributed by atoms with Crippen LogP contribution in [0.2, 0.25) is 0 Å². The SMILES string of the molecule is CCOC(=O)C(C)=Cc1cncn1CC. The van der Waals surface area contributed by atoms with Crippen molar-refractivity contribution in [2.45, 2.75) is 27.3 Å². The average Bonchev–Trinajstić information content (AvgIpc) is 2.65. The van der Waals surface area contributed by atoms with Crippen molar-refractivity contribution in [3.63, 3.8) is 0 Å². The second-order valence-electron chi connectivity index (χ2n) is 3.15. The molecule has 0 bridgehead atoms. The molecule has 0 fully saturated rings. The van der Waals surface area contributed by atoms with E-state index in [-0.39, 0.29) is 5.97 Å². The zero-order valence-corrected chi connectivity index (χ0v) is 9.36. The molecule has 1 heterocycles. The third kappa shape index (κ3) is 2.94. The molecule has 0 atom stereocenters. The van der Waals surface area contributed by atoms with Crippen LogP contribution >= 0.6 is 0 Å². The second-order valence-corrected chi connectivity index (χ2v) is 3.15. The number of carbonyl (C=O) groups is 1. The molecule has 0 aliphatic carbocycles. The molecule has 4 nitrogen and oxygen atoms in total. The van der Waals surface area contributed by atoms with Gasteiger partial charge in [0.05, 0.1) is 24.8 Å². The standard InChI is InChI=1S/C11H16N2O2/c1-4-13-8-12-7-10(13)6-9(3)11(14)15-5-2/h6-8H,4-5H2,1-3H3. The molecule has 15 heavy (non-hydrogen) atoms. The van der Waals surface area contributed by atoms with E-state index >= 15 is 0 Å². The first-order chi connectivity index (χ1) is 7.19. The van der Waals surface area contributed by atoms with Gasteiger partial charge in [0.25, 0.3) is 0 Å². The number of carbonyl (C=O) groups excluding carboxylic acids is 1. The van der Waals surface area contributed by atoms with Crippen molar-refractivity contribution in [2.75, 3.05) is 6.61 Å². The van der Waals surface area contributed by atoms with Crippen molar-refractivity contribution in [1.29, 1.82) is 0 Å². The van der Waals surface area contributed by atoms with E-state index < -0.39 is 0 Å². The van der Waals surface area contributed by atoms with Gasteiger partial charge in [0, 0.05) is 12.1 Å². The molecular weight excluding hydrogens is 192 g/mol. The summed E-state index contributed by atoms with van der Waals surface area (Å²) in [4.78, 5) is 15.4. The fraction of sp³-hybridized carbons (Fsp3) is 0.455. The summed E-state index contributed by atoms with van der Waals surface area (Å²) in [7, 11) is 0. The summed E-state index contributed by atoms with van der Waals surface area (Å²) in [6.45, 7) is 6.80. The third-order valence-electron chi connectivity index (χ3n) is 2.05. The van der Waals surface area contributed by atoms with Gasteiger partial charge in [-0.05, 0) is 26.8 Å². The van der Waals surface area contributed by atoms with Crippen LogP contribution in [0, 0.1) is 0 Å². The van der Waals surface area contributed by atoms with Crippen molar-refractivity contribution >= 4 is 12.0 Å². The van der Waals surface area contributed by atoms with E-state index in [9.17, 15) is 4.79 Å². The van der Waals surface area contributed by atoms with Crippen LogP contribution in [0.4, 0.5) is 0 Å². The number of hydrogen-bond acceptors (Lipinski definition) is 3. The molecule has 0 N–H and O–H groups in total. The van der Waals surface area contributed by atoms with Gasteiger partial charge < -0.3 is 9.30 Å². The molecule has 0 radical (unpaired) electrons. The van der Waals surface area contributed by atoms with Gasteiger partial charge in [-0.1, -0.05) is 0 Å². The Hall–Kier alpha value is -1.58. The molecule has 1 rings (SSSR count). The minimum Gasteiger partial charge on any atom is -0.463 e. The molecule has 0 spiro atoms. The number of esters is 1. The zero-order valence-electron chi connectivity index (χ0n) is 9.36. The van der Waals surface area contributed by atoms with Crippen LogP contribution in [0.15, 0.2) is 18.1 Å². The molecule has 0 unspecified atom stereocenters. The van der Waals surface area contributed by atoms with Gasteiger partial charge in [-0.3, -0.25) is 0 Å². The maximum atomic E-state index is 11.3. The van der Waals surface area contributed by atoms with Crippen LogP contribution in [0.1, 0.15) is 26.5 Å². The lowest BCUT2D eigenvalue weighted by Gasteiger charge is -2.03. The summed E-state index contributed by atoms with van der Waals surface area (Å²) in [5.41, 5.74) is 1.51. The van der Waals surface area contributed by atoms with Gasteiger partial charge >= 0.3 is 5.97 Å². The minimum atomic E-state index is -0.277. The highest BCUT2D eigenvalue weighted by molar-refractivity contribution is 5.92. The summed E-state index contributed by atoms with van der Waals surface area (Å²) in [6, 6.07) is 0. The molecule has 1 aromatic rings. The first kappa shape index (κ1) is 11.5. The fourth-order valence-electron chi connectivity index (χ4n) is 1.24. The van der Waals surface area contributed by atoms with Crippen molar-refractivity contribution in [3.05, 3.63) is 23.8 Å². The monoisotopic (exact) mass is 208 g/mol. The van der Waals surface area contributed by atoms with Crippen LogP contribution in [0.3, 0.4) is 0 Å². The number of nitrogens with zero attached hydrogens (tertiary/aromatic N) is 2. The Morgan fingerprint density at radius 2 is 2.33 bits per heavy atom. The van der Waals surface area contributed by atoms with E-state index in [1.54, 1.807) is 32.4 Å².